The Kier molecular flexibility index (Phi) is 3.25. The summed E-state index contributed by atoms with van der Waals surface area (Å²) in [5, 5.41) is 12.3. The third-order valence-corrected chi connectivity index (χ3v) is 3.60. The zero-order valence-corrected chi connectivity index (χ0v) is 11.6. The van der Waals surface area contributed by atoms with Gasteiger partial charge < -0.3 is 15.4 Å². The Labute approximate surface area is 121 Å². The van der Waals surface area contributed by atoms with E-state index in [1.165, 1.54) is 6.07 Å². The lowest BCUT2D eigenvalue weighted by Gasteiger charge is -2.08. The number of rotatable bonds is 3. The molecule has 1 amide bonds. The first-order valence-corrected chi connectivity index (χ1v) is 6.89. The summed E-state index contributed by atoms with van der Waals surface area (Å²) in [5.41, 5.74) is 1.70. The molecule has 0 unspecified atom stereocenters. The van der Waals surface area contributed by atoms with Crippen molar-refractivity contribution in [2.45, 2.75) is 25.7 Å². The number of anilines is 1. The predicted octanol–water partition coefficient (Wildman–Crippen LogP) is 2.52. The molecule has 3 N–H and O–H groups in total. The lowest BCUT2D eigenvalue weighted by molar-refractivity contribution is 0.102. The lowest BCUT2D eigenvalue weighted by Crippen LogP contribution is -2.23. The number of aromatic amines is 1. The predicted molar refractivity (Wildman–Crippen MR) is 79.8 cm³/mol. The molecule has 0 saturated heterocycles. The first kappa shape index (κ1) is 13.4. The SMILES string of the molecule is Cc1ccc(NC(=O)c2ccc(C3CC3)[nH]c2=O)c(O)c1. The third-order valence-electron chi connectivity index (χ3n) is 3.60. The van der Waals surface area contributed by atoms with E-state index in [0.717, 1.165) is 24.1 Å². The molecule has 1 aromatic heterocycles. The Morgan fingerprint density at radius 2 is 2.05 bits per heavy atom. The van der Waals surface area contributed by atoms with Crippen LogP contribution in [0.5, 0.6) is 5.75 Å². The quantitative estimate of drug-likeness (QED) is 0.757. The molecule has 108 valence electrons. The summed E-state index contributed by atoms with van der Waals surface area (Å²) in [6.45, 7) is 1.84. The summed E-state index contributed by atoms with van der Waals surface area (Å²) in [7, 11) is 0. The van der Waals surface area contributed by atoms with Crippen molar-refractivity contribution < 1.29 is 9.90 Å². The highest BCUT2D eigenvalue weighted by Crippen LogP contribution is 2.38. The molecule has 0 atom stereocenters. The first-order chi connectivity index (χ1) is 10.0. The average molecular weight is 284 g/mol. The first-order valence-electron chi connectivity index (χ1n) is 6.89. The van der Waals surface area contributed by atoms with Crippen molar-refractivity contribution in [1.29, 1.82) is 0 Å². The monoisotopic (exact) mass is 284 g/mol. The summed E-state index contributed by atoms with van der Waals surface area (Å²) >= 11 is 0. The van der Waals surface area contributed by atoms with Gasteiger partial charge in [-0.3, -0.25) is 9.59 Å². The van der Waals surface area contributed by atoms with E-state index in [4.69, 9.17) is 0 Å². The Morgan fingerprint density at radius 1 is 1.29 bits per heavy atom. The van der Waals surface area contributed by atoms with Gasteiger partial charge in [0.2, 0.25) is 0 Å². The molecule has 1 aliphatic rings. The number of aromatic hydroxyl groups is 1. The largest absolute Gasteiger partial charge is 0.506 e. The van der Waals surface area contributed by atoms with Crippen LogP contribution in [0, 0.1) is 6.92 Å². The zero-order chi connectivity index (χ0) is 15.0. The van der Waals surface area contributed by atoms with Gasteiger partial charge in [0.05, 0.1) is 5.69 Å². The van der Waals surface area contributed by atoms with Gasteiger partial charge in [-0.1, -0.05) is 6.07 Å². The summed E-state index contributed by atoms with van der Waals surface area (Å²) in [6.07, 6.45) is 2.16. The summed E-state index contributed by atoms with van der Waals surface area (Å²) in [6, 6.07) is 8.25. The van der Waals surface area contributed by atoms with Gasteiger partial charge in [0.15, 0.2) is 0 Å². The summed E-state index contributed by atoms with van der Waals surface area (Å²) < 4.78 is 0. The van der Waals surface area contributed by atoms with Gasteiger partial charge in [0, 0.05) is 5.69 Å². The maximum atomic E-state index is 12.1. The normalized spacial score (nSPS) is 14.0. The number of phenols is 1. The summed E-state index contributed by atoms with van der Waals surface area (Å²) in [4.78, 5) is 26.8. The van der Waals surface area contributed by atoms with E-state index in [0.29, 0.717) is 5.92 Å². The van der Waals surface area contributed by atoms with Gasteiger partial charge >= 0.3 is 0 Å². The number of aryl methyl sites for hydroxylation is 1. The highest BCUT2D eigenvalue weighted by Gasteiger charge is 2.25. The minimum absolute atomic E-state index is 0.0191. The fourth-order valence-corrected chi connectivity index (χ4v) is 2.24. The van der Waals surface area contributed by atoms with E-state index >= 15 is 0 Å². The van der Waals surface area contributed by atoms with Gasteiger partial charge in [-0.15, -0.1) is 0 Å². The van der Waals surface area contributed by atoms with Crippen LogP contribution in [0.3, 0.4) is 0 Å². The molecule has 5 nitrogen and oxygen atoms in total. The number of benzene rings is 1. The fraction of sp³-hybridized carbons (Fsp3) is 0.250. The van der Waals surface area contributed by atoms with E-state index in [-0.39, 0.29) is 17.0 Å². The van der Waals surface area contributed by atoms with Crippen molar-refractivity contribution in [2.75, 3.05) is 5.32 Å². The molecule has 1 heterocycles. The standard InChI is InChI=1S/C16H16N2O3/c1-9-2-6-13(14(19)8-9)18-16(21)11-5-7-12(10-3-4-10)17-15(11)20/h2,5-8,10,19H,3-4H2,1H3,(H,17,20)(H,18,21). The number of amides is 1. The van der Waals surface area contributed by atoms with Crippen LogP contribution in [0.1, 0.15) is 40.4 Å². The van der Waals surface area contributed by atoms with Gasteiger partial charge in [-0.2, -0.15) is 0 Å². The van der Waals surface area contributed by atoms with E-state index in [1.807, 2.05) is 6.92 Å². The Morgan fingerprint density at radius 3 is 2.67 bits per heavy atom. The molecule has 0 radical (unpaired) electrons. The van der Waals surface area contributed by atoms with Crippen molar-refractivity contribution in [1.82, 2.24) is 4.98 Å². The number of hydrogen-bond acceptors (Lipinski definition) is 3. The molecule has 3 rings (SSSR count). The topological polar surface area (TPSA) is 82.2 Å². The van der Waals surface area contributed by atoms with Crippen molar-refractivity contribution in [3.63, 3.8) is 0 Å². The molecule has 1 aliphatic carbocycles. The second-order valence-electron chi connectivity index (χ2n) is 5.41. The average Bonchev–Trinajstić information content (AvgIpc) is 3.26. The molecule has 21 heavy (non-hydrogen) atoms. The number of pyridine rings is 1. The Hall–Kier alpha value is -2.56. The number of hydrogen-bond donors (Lipinski definition) is 3. The van der Waals surface area contributed by atoms with Gasteiger partial charge in [0.25, 0.3) is 11.5 Å². The second kappa shape index (κ2) is 5.09. The van der Waals surface area contributed by atoms with Gasteiger partial charge in [-0.05, 0) is 55.5 Å². The summed E-state index contributed by atoms with van der Waals surface area (Å²) in [5.74, 6) is -0.122. The van der Waals surface area contributed by atoms with Gasteiger partial charge in [-0.25, -0.2) is 0 Å². The van der Waals surface area contributed by atoms with Crippen LogP contribution in [0.4, 0.5) is 5.69 Å². The zero-order valence-electron chi connectivity index (χ0n) is 11.6. The number of nitrogens with one attached hydrogen (secondary N) is 2. The van der Waals surface area contributed by atoms with Crippen LogP contribution in [-0.4, -0.2) is 16.0 Å². The molecule has 2 aromatic rings. The number of carbonyl (C=O) groups is 1. The molecule has 0 aliphatic heterocycles. The molecule has 1 saturated carbocycles. The number of carbonyl (C=O) groups excluding carboxylic acids is 1. The molecular weight excluding hydrogens is 268 g/mol. The fourth-order valence-electron chi connectivity index (χ4n) is 2.24. The molecule has 0 bridgehead atoms. The maximum absolute atomic E-state index is 12.1. The molecular formula is C16H16N2O3. The van der Waals surface area contributed by atoms with Crippen LogP contribution in [0.15, 0.2) is 35.1 Å². The van der Waals surface area contributed by atoms with Crippen LogP contribution >= 0.6 is 0 Å². The number of H-pyrrole nitrogens is 1. The molecule has 1 fully saturated rings. The third kappa shape index (κ3) is 2.81. The van der Waals surface area contributed by atoms with Crippen molar-refractivity contribution in [3.05, 3.63) is 57.5 Å². The van der Waals surface area contributed by atoms with Crippen molar-refractivity contribution in [3.8, 4) is 5.75 Å². The van der Waals surface area contributed by atoms with Crippen LogP contribution < -0.4 is 10.9 Å². The lowest BCUT2D eigenvalue weighted by atomic mass is 10.1. The van der Waals surface area contributed by atoms with E-state index in [2.05, 4.69) is 10.3 Å². The molecule has 5 heteroatoms. The second-order valence-corrected chi connectivity index (χ2v) is 5.41. The van der Waals surface area contributed by atoms with Crippen molar-refractivity contribution in [2.24, 2.45) is 0 Å². The minimum Gasteiger partial charge on any atom is -0.506 e. The number of aromatic nitrogens is 1. The van der Waals surface area contributed by atoms with Crippen LogP contribution in [0.2, 0.25) is 0 Å². The minimum atomic E-state index is -0.530. The molecule has 1 aromatic carbocycles. The molecule has 0 spiro atoms. The Bertz CT molecular complexity index is 760. The van der Waals surface area contributed by atoms with Crippen LogP contribution in [-0.2, 0) is 0 Å². The van der Waals surface area contributed by atoms with Gasteiger partial charge in [0.1, 0.15) is 11.3 Å². The smallest absolute Gasteiger partial charge is 0.261 e. The van der Waals surface area contributed by atoms with E-state index < -0.39 is 11.5 Å². The number of phenolic OH excluding ortho intramolecular Hbond substituents is 1. The van der Waals surface area contributed by atoms with E-state index in [1.54, 1.807) is 24.3 Å². The van der Waals surface area contributed by atoms with E-state index in [9.17, 15) is 14.7 Å². The van der Waals surface area contributed by atoms with Crippen molar-refractivity contribution >= 4 is 11.6 Å². The van der Waals surface area contributed by atoms with Crippen LogP contribution in [0.25, 0.3) is 0 Å². The Balaban J connectivity index is 1.83. The highest BCUT2D eigenvalue weighted by molar-refractivity contribution is 6.04. The maximum Gasteiger partial charge on any atom is 0.261 e. The highest BCUT2D eigenvalue weighted by atomic mass is 16.3.